The van der Waals surface area contributed by atoms with Crippen molar-refractivity contribution in [1.29, 1.82) is 0 Å². The molecule has 168 valence electrons. The lowest BCUT2D eigenvalue weighted by molar-refractivity contribution is -0.159. The number of aromatic nitrogens is 1. The van der Waals surface area contributed by atoms with Crippen molar-refractivity contribution in [1.82, 2.24) is 10.3 Å². The molecule has 32 heavy (non-hydrogen) atoms. The molecule has 2 aliphatic rings. The number of likely N-dealkylation sites (N-methyl/N-ethyl adjacent to an activating group) is 1. The summed E-state index contributed by atoms with van der Waals surface area (Å²) in [5, 5.41) is 5.47. The van der Waals surface area contributed by atoms with Gasteiger partial charge in [0.2, 0.25) is 5.91 Å². The van der Waals surface area contributed by atoms with Gasteiger partial charge in [-0.05, 0) is 49.4 Å². The molecule has 1 aromatic carbocycles. The van der Waals surface area contributed by atoms with Crippen molar-refractivity contribution < 1.29 is 23.1 Å². The molecule has 0 atom stereocenters. The van der Waals surface area contributed by atoms with Crippen molar-refractivity contribution in [3.63, 3.8) is 0 Å². The summed E-state index contributed by atoms with van der Waals surface area (Å²) in [6.45, 7) is 3.78. The lowest BCUT2D eigenvalue weighted by Gasteiger charge is -2.17. The number of ether oxygens (including phenoxy) is 1. The Bertz CT molecular complexity index is 1120. The van der Waals surface area contributed by atoms with Gasteiger partial charge in [-0.2, -0.15) is 8.78 Å². The number of amides is 2. The van der Waals surface area contributed by atoms with Gasteiger partial charge in [0.05, 0.1) is 23.1 Å². The number of allylic oxidation sites excluding steroid dienone is 1. The van der Waals surface area contributed by atoms with E-state index in [2.05, 4.69) is 15.6 Å². The third kappa shape index (κ3) is 3.97. The van der Waals surface area contributed by atoms with E-state index in [0.29, 0.717) is 47.5 Å². The first kappa shape index (κ1) is 21.9. The summed E-state index contributed by atoms with van der Waals surface area (Å²) >= 11 is 0. The third-order valence-corrected chi connectivity index (χ3v) is 5.93. The van der Waals surface area contributed by atoms with Crippen LogP contribution in [0.25, 0.3) is 5.57 Å². The third-order valence-electron chi connectivity index (χ3n) is 5.93. The molecule has 8 heteroatoms. The Morgan fingerprint density at radius 1 is 1.22 bits per heavy atom. The van der Waals surface area contributed by atoms with E-state index in [4.69, 9.17) is 4.74 Å². The highest BCUT2D eigenvalue weighted by Crippen LogP contribution is 2.51. The van der Waals surface area contributed by atoms with Crippen molar-refractivity contribution in [2.24, 2.45) is 0 Å². The van der Waals surface area contributed by atoms with E-state index in [1.54, 1.807) is 43.5 Å². The Kier molecular flexibility index (Phi) is 5.48. The Morgan fingerprint density at radius 3 is 2.62 bits per heavy atom. The predicted octanol–water partition coefficient (Wildman–Crippen LogP) is 4.13. The average Bonchev–Trinajstić information content (AvgIpc) is 3.50. The normalized spacial score (nSPS) is 17.8. The molecule has 1 fully saturated rings. The maximum absolute atomic E-state index is 13.6. The number of hydrogen-bond donors (Lipinski definition) is 2. The Hall–Kier alpha value is -3.29. The minimum absolute atomic E-state index is 0.127. The van der Waals surface area contributed by atoms with Gasteiger partial charge < -0.3 is 15.4 Å². The smallest absolute Gasteiger partial charge is 0.402 e. The SMILES string of the molecule is CC/C=C(\C(=O)NC)c1nc(NC(=O)C2(c3ccc4c(c3)OC(F)(F)C4)CC2)ccc1C. The lowest BCUT2D eigenvalue weighted by Crippen LogP contribution is -2.28. The molecule has 2 N–H and O–H groups in total. The number of nitrogens with zero attached hydrogens (tertiary/aromatic N) is 1. The second kappa shape index (κ2) is 8.00. The summed E-state index contributed by atoms with van der Waals surface area (Å²) in [4.78, 5) is 30.0. The number of carbonyl (C=O) groups excluding carboxylic acids is 2. The zero-order valence-corrected chi connectivity index (χ0v) is 18.2. The Labute approximate surface area is 185 Å². The predicted molar refractivity (Wildman–Crippen MR) is 117 cm³/mol. The van der Waals surface area contributed by atoms with E-state index < -0.39 is 17.9 Å². The number of anilines is 1. The van der Waals surface area contributed by atoms with Crippen molar-refractivity contribution >= 4 is 23.2 Å². The van der Waals surface area contributed by atoms with E-state index in [9.17, 15) is 18.4 Å². The molecule has 0 unspecified atom stereocenters. The number of hydrogen-bond acceptors (Lipinski definition) is 4. The molecule has 0 saturated heterocycles. The molecule has 2 aromatic rings. The molecule has 1 saturated carbocycles. The average molecular weight is 441 g/mol. The lowest BCUT2D eigenvalue weighted by atomic mass is 9.93. The number of rotatable bonds is 6. The summed E-state index contributed by atoms with van der Waals surface area (Å²) in [5.74, 6) is -0.0519. The van der Waals surface area contributed by atoms with Gasteiger partial charge >= 0.3 is 6.11 Å². The zero-order chi connectivity index (χ0) is 23.1. The Morgan fingerprint density at radius 2 is 1.97 bits per heavy atom. The van der Waals surface area contributed by atoms with Crippen molar-refractivity contribution in [2.75, 3.05) is 12.4 Å². The van der Waals surface area contributed by atoms with Crippen LogP contribution in [0.3, 0.4) is 0 Å². The van der Waals surface area contributed by atoms with Crippen molar-refractivity contribution in [3.05, 3.63) is 58.8 Å². The first-order valence-corrected chi connectivity index (χ1v) is 10.6. The van der Waals surface area contributed by atoms with Crippen LogP contribution in [0, 0.1) is 6.92 Å². The molecule has 1 aliphatic carbocycles. The van der Waals surface area contributed by atoms with Gasteiger partial charge in [0.25, 0.3) is 5.91 Å². The van der Waals surface area contributed by atoms with E-state index in [1.807, 2.05) is 13.8 Å². The Balaban J connectivity index is 1.59. The first-order valence-electron chi connectivity index (χ1n) is 10.6. The van der Waals surface area contributed by atoms with Crippen LogP contribution in [-0.4, -0.2) is 30.0 Å². The van der Waals surface area contributed by atoms with Crippen molar-refractivity contribution in [3.8, 4) is 5.75 Å². The number of nitrogens with one attached hydrogen (secondary N) is 2. The molecule has 4 rings (SSSR count). The van der Waals surface area contributed by atoms with Crippen LogP contribution in [0.2, 0.25) is 0 Å². The second-order valence-corrected chi connectivity index (χ2v) is 8.24. The van der Waals surface area contributed by atoms with Gasteiger partial charge in [-0.15, -0.1) is 0 Å². The monoisotopic (exact) mass is 441 g/mol. The van der Waals surface area contributed by atoms with Crippen LogP contribution in [0.1, 0.15) is 48.6 Å². The number of pyridine rings is 1. The van der Waals surface area contributed by atoms with Gasteiger partial charge in [-0.25, -0.2) is 4.98 Å². The number of alkyl halides is 2. The molecule has 2 heterocycles. The largest absolute Gasteiger partial charge is 0.432 e. The summed E-state index contributed by atoms with van der Waals surface area (Å²) < 4.78 is 31.9. The summed E-state index contributed by atoms with van der Waals surface area (Å²) in [7, 11) is 1.56. The fourth-order valence-corrected chi connectivity index (χ4v) is 4.03. The molecule has 0 spiro atoms. The summed E-state index contributed by atoms with van der Waals surface area (Å²) in [6.07, 6.45) is -0.0170. The van der Waals surface area contributed by atoms with Gasteiger partial charge in [-0.1, -0.05) is 31.2 Å². The van der Waals surface area contributed by atoms with E-state index >= 15 is 0 Å². The molecular formula is C24H25F2N3O3. The van der Waals surface area contributed by atoms with E-state index in [0.717, 1.165) is 5.56 Å². The molecular weight excluding hydrogens is 416 g/mol. The van der Waals surface area contributed by atoms with E-state index in [1.165, 1.54) is 0 Å². The van der Waals surface area contributed by atoms with Gasteiger partial charge in [0, 0.05) is 12.6 Å². The van der Waals surface area contributed by atoms with Crippen LogP contribution < -0.4 is 15.4 Å². The second-order valence-electron chi connectivity index (χ2n) is 8.24. The highest BCUT2D eigenvalue weighted by atomic mass is 19.3. The van der Waals surface area contributed by atoms with Crippen LogP contribution in [0.5, 0.6) is 5.75 Å². The van der Waals surface area contributed by atoms with Crippen LogP contribution >= 0.6 is 0 Å². The molecule has 0 bridgehead atoms. The fourth-order valence-electron chi connectivity index (χ4n) is 4.03. The number of aryl methyl sites for hydroxylation is 1. The van der Waals surface area contributed by atoms with Crippen molar-refractivity contribution in [2.45, 2.75) is 51.1 Å². The topological polar surface area (TPSA) is 80.3 Å². The molecule has 2 amide bonds. The van der Waals surface area contributed by atoms with E-state index in [-0.39, 0.29) is 17.6 Å². The molecule has 1 aromatic heterocycles. The number of benzene rings is 1. The molecule has 6 nitrogen and oxygen atoms in total. The first-order chi connectivity index (χ1) is 15.2. The number of halogens is 2. The van der Waals surface area contributed by atoms with Crippen LogP contribution in [-0.2, 0) is 21.4 Å². The highest BCUT2D eigenvalue weighted by molar-refractivity contribution is 6.19. The maximum Gasteiger partial charge on any atom is 0.402 e. The highest BCUT2D eigenvalue weighted by Gasteiger charge is 2.52. The van der Waals surface area contributed by atoms with Crippen LogP contribution in [0.4, 0.5) is 14.6 Å². The summed E-state index contributed by atoms with van der Waals surface area (Å²) in [5.41, 5.74) is 2.04. The minimum atomic E-state index is -3.21. The molecule has 1 aliphatic heterocycles. The minimum Gasteiger partial charge on any atom is -0.432 e. The van der Waals surface area contributed by atoms with Gasteiger partial charge in [-0.3, -0.25) is 9.59 Å². The standard InChI is InChI=1S/C24H25F2N3O3/c1-4-5-17(21(30)27-3)20-14(2)6-9-19(28-20)29-22(31)23(10-11-23)16-8-7-15-13-24(25,26)32-18(15)12-16/h5-9,12H,4,10-11,13H2,1-3H3,(H,27,30)(H,28,29,31)/b17-5-. The maximum atomic E-state index is 13.6. The van der Waals surface area contributed by atoms with Crippen LogP contribution in [0.15, 0.2) is 36.4 Å². The zero-order valence-electron chi connectivity index (χ0n) is 18.2. The summed E-state index contributed by atoms with van der Waals surface area (Å²) in [6, 6.07) is 8.36. The number of fused-ring (bicyclic) bond motifs is 1. The van der Waals surface area contributed by atoms with Gasteiger partial charge in [0.1, 0.15) is 11.6 Å². The molecule has 0 radical (unpaired) electrons. The fraction of sp³-hybridized carbons (Fsp3) is 0.375. The number of carbonyl (C=O) groups is 2. The quantitative estimate of drug-likeness (QED) is 0.661. The van der Waals surface area contributed by atoms with Gasteiger partial charge in [0.15, 0.2) is 0 Å².